The van der Waals surface area contributed by atoms with E-state index in [1.165, 1.54) is 0 Å². The van der Waals surface area contributed by atoms with Crippen LogP contribution in [0.15, 0.2) is 78.2 Å². The van der Waals surface area contributed by atoms with Gasteiger partial charge < -0.3 is 15.0 Å². The van der Waals surface area contributed by atoms with Crippen LogP contribution in [0.3, 0.4) is 0 Å². The molecule has 0 atom stereocenters. The molecule has 0 saturated carbocycles. The number of nitrogens with one attached hydrogen (secondary N) is 3. The average Bonchev–Trinajstić information content (AvgIpc) is 3.10. The highest BCUT2D eigenvalue weighted by molar-refractivity contribution is 6.11. The smallest absolute Gasteiger partial charge is 0.137 e. The first-order chi connectivity index (χ1) is 12.7. The monoisotopic (exact) mass is 347 g/mol. The van der Waals surface area contributed by atoms with Gasteiger partial charge in [-0.3, -0.25) is 5.41 Å². The Kier molecular flexibility index (Phi) is 5.69. The van der Waals surface area contributed by atoms with Crippen LogP contribution in [0.4, 0.5) is 0 Å². The van der Waals surface area contributed by atoms with Crippen LogP contribution in [-0.4, -0.2) is 22.1 Å². The van der Waals surface area contributed by atoms with Crippen molar-refractivity contribution in [2.24, 2.45) is 0 Å². The largest absolute Gasteiger partial charge is 0.374 e. The molecule has 0 bridgehead atoms. The summed E-state index contributed by atoms with van der Waals surface area (Å²) in [7, 11) is 1.89. The highest BCUT2D eigenvalue weighted by Crippen LogP contribution is 2.16. The van der Waals surface area contributed by atoms with E-state index >= 15 is 0 Å². The molecule has 2 aromatic heterocycles. The molecule has 3 rings (SSSR count). The van der Waals surface area contributed by atoms with E-state index < -0.39 is 0 Å². The van der Waals surface area contributed by atoms with E-state index in [4.69, 9.17) is 5.41 Å². The molecule has 0 spiro atoms. The molecule has 0 aromatic carbocycles. The number of pyridine rings is 1. The molecule has 0 amide bonds. The lowest BCUT2D eigenvalue weighted by atomic mass is 10.0. The van der Waals surface area contributed by atoms with Gasteiger partial charge in [0.25, 0.3) is 0 Å². The van der Waals surface area contributed by atoms with Gasteiger partial charge in [-0.25, -0.2) is 4.98 Å². The van der Waals surface area contributed by atoms with Gasteiger partial charge in [0.2, 0.25) is 0 Å². The van der Waals surface area contributed by atoms with Crippen molar-refractivity contribution in [3.8, 4) is 0 Å². The van der Waals surface area contributed by atoms with Crippen molar-refractivity contribution in [2.45, 2.75) is 26.2 Å². The molecule has 0 radical (unpaired) electrons. The Balaban J connectivity index is 1.91. The van der Waals surface area contributed by atoms with E-state index in [0.717, 1.165) is 47.6 Å². The van der Waals surface area contributed by atoms with Crippen LogP contribution < -0.4 is 10.6 Å². The lowest BCUT2D eigenvalue weighted by Gasteiger charge is -2.18. The van der Waals surface area contributed by atoms with E-state index in [1.54, 1.807) is 6.20 Å². The summed E-state index contributed by atoms with van der Waals surface area (Å²) in [4.78, 5) is 4.32. The zero-order valence-electron chi connectivity index (χ0n) is 15.3. The third-order valence-electron chi connectivity index (χ3n) is 4.37. The first-order valence-corrected chi connectivity index (χ1v) is 8.94. The zero-order valence-corrected chi connectivity index (χ0v) is 15.3. The molecule has 0 saturated heterocycles. The first kappa shape index (κ1) is 17.7. The van der Waals surface area contributed by atoms with Gasteiger partial charge in [-0.2, -0.15) is 0 Å². The van der Waals surface area contributed by atoms with Crippen molar-refractivity contribution in [1.82, 2.24) is 20.0 Å². The zero-order chi connectivity index (χ0) is 18.4. The second kappa shape index (κ2) is 8.34. The van der Waals surface area contributed by atoms with Gasteiger partial charge >= 0.3 is 0 Å². The molecule has 0 fully saturated rings. The van der Waals surface area contributed by atoms with Crippen LogP contribution in [-0.2, 0) is 0 Å². The lowest BCUT2D eigenvalue weighted by Crippen LogP contribution is -2.27. The summed E-state index contributed by atoms with van der Waals surface area (Å²) < 4.78 is 1.95. The highest BCUT2D eigenvalue weighted by Gasteiger charge is 2.13. The molecule has 3 N–H and O–H groups in total. The van der Waals surface area contributed by atoms with Crippen LogP contribution in [0, 0.1) is 5.41 Å². The quantitative estimate of drug-likeness (QED) is 0.548. The third kappa shape index (κ3) is 3.94. The van der Waals surface area contributed by atoms with Gasteiger partial charge in [0.1, 0.15) is 11.5 Å². The summed E-state index contributed by atoms with van der Waals surface area (Å²) in [6, 6.07) is 3.91. The summed E-state index contributed by atoms with van der Waals surface area (Å²) in [5.41, 5.74) is 4.20. The molecular weight excluding hydrogens is 322 g/mol. The number of hydrogen-bond acceptors (Lipinski definition) is 4. The number of aromatic nitrogens is 2. The SMILES string of the molecule is CC/C(C(=N)c1ccn2ccnc2c1)=C(\NC)NC1=C/CC=CC/C=C\1. The normalized spacial score (nSPS) is 18.3. The summed E-state index contributed by atoms with van der Waals surface area (Å²) in [6.45, 7) is 2.07. The number of allylic oxidation sites excluding steroid dienone is 6. The second-order valence-electron chi connectivity index (χ2n) is 6.07. The van der Waals surface area contributed by atoms with Crippen LogP contribution >= 0.6 is 0 Å². The van der Waals surface area contributed by atoms with Gasteiger partial charge in [-0.1, -0.05) is 31.2 Å². The van der Waals surface area contributed by atoms with Crippen LogP contribution in [0.25, 0.3) is 5.65 Å². The molecule has 1 aliphatic rings. The minimum atomic E-state index is 0.505. The maximum atomic E-state index is 8.72. The molecule has 1 aliphatic carbocycles. The lowest BCUT2D eigenvalue weighted by molar-refractivity contribution is 0.818. The maximum absolute atomic E-state index is 8.72. The topological polar surface area (TPSA) is 65.2 Å². The highest BCUT2D eigenvalue weighted by atomic mass is 15.1. The minimum absolute atomic E-state index is 0.505. The Hall–Kier alpha value is -3.08. The fourth-order valence-electron chi connectivity index (χ4n) is 2.97. The van der Waals surface area contributed by atoms with E-state index in [0.29, 0.717) is 5.71 Å². The molecule has 26 heavy (non-hydrogen) atoms. The molecule has 2 heterocycles. The fraction of sp³-hybridized carbons (Fsp3) is 0.238. The predicted molar refractivity (Wildman–Crippen MR) is 107 cm³/mol. The standard InChI is InChI=1S/C21H25N5/c1-3-18(20(22)16-11-13-26-14-12-24-19(26)15-16)21(23-2)25-17-9-7-5-4-6-8-10-17/h4-5,8-15,22-23,25H,3,6-7H2,1-2H3/b5-4?,10-8-,17-9+,21-18-,22-20?. The van der Waals surface area contributed by atoms with Crippen molar-refractivity contribution < 1.29 is 0 Å². The first-order valence-electron chi connectivity index (χ1n) is 8.94. The Morgan fingerprint density at radius 2 is 2.08 bits per heavy atom. The summed E-state index contributed by atoms with van der Waals surface area (Å²) in [5, 5.41) is 15.4. The number of imidazole rings is 1. The molecule has 5 nitrogen and oxygen atoms in total. The van der Waals surface area contributed by atoms with Crippen LogP contribution in [0.5, 0.6) is 0 Å². The van der Waals surface area contributed by atoms with Gasteiger partial charge in [-0.15, -0.1) is 0 Å². The molecule has 5 heteroatoms. The van der Waals surface area contributed by atoms with Crippen molar-refractivity contribution in [3.63, 3.8) is 0 Å². The summed E-state index contributed by atoms with van der Waals surface area (Å²) in [6.07, 6.45) is 18.9. The molecule has 0 unspecified atom stereocenters. The van der Waals surface area contributed by atoms with E-state index in [1.807, 2.05) is 36.0 Å². The van der Waals surface area contributed by atoms with Gasteiger partial charge in [0, 0.05) is 42.5 Å². The van der Waals surface area contributed by atoms with E-state index in [-0.39, 0.29) is 0 Å². The van der Waals surface area contributed by atoms with Crippen molar-refractivity contribution >= 4 is 11.4 Å². The Bertz CT molecular complexity index is 911. The Labute approximate surface area is 154 Å². The van der Waals surface area contributed by atoms with Gasteiger partial charge in [0.15, 0.2) is 0 Å². The maximum Gasteiger partial charge on any atom is 0.137 e. The van der Waals surface area contributed by atoms with Gasteiger partial charge in [-0.05, 0) is 37.5 Å². The molecule has 0 aliphatic heterocycles. The summed E-state index contributed by atoms with van der Waals surface area (Å²) >= 11 is 0. The fourth-order valence-corrected chi connectivity index (χ4v) is 2.97. The number of hydrogen-bond donors (Lipinski definition) is 3. The Morgan fingerprint density at radius 3 is 2.88 bits per heavy atom. The van der Waals surface area contributed by atoms with Crippen LogP contribution in [0.1, 0.15) is 31.7 Å². The predicted octanol–water partition coefficient (Wildman–Crippen LogP) is 3.92. The third-order valence-corrected chi connectivity index (χ3v) is 4.37. The van der Waals surface area contributed by atoms with Crippen molar-refractivity contribution in [1.29, 1.82) is 5.41 Å². The van der Waals surface area contributed by atoms with Crippen LogP contribution in [0.2, 0.25) is 0 Å². The number of fused-ring (bicyclic) bond motifs is 1. The Morgan fingerprint density at radius 1 is 1.23 bits per heavy atom. The molecular formula is C21H25N5. The number of rotatable bonds is 6. The molecule has 134 valence electrons. The average molecular weight is 347 g/mol. The minimum Gasteiger partial charge on any atom is -0.374 e. The second-order valence-corrected chi connectivity index (χ2v) is 6.07. The van der Waals surface area contributed by atoms with Gasteiger partial charge in [0.05, 0.1) is 5.71 Å². The van der Waals surface area contributed by atoms with Crippen molar-refractivity contribution in [2.75, 3.05) is 7.05 Å². The number of nitrogens with zero attached hydrogens (tertiary/aromatic N) is 2. The summed E-state index contributed by atoms with van der Waals surface area (Å²) in [5.74, 6) is 0.862. The van der Waals surface area contributed by atoms with E-state index in [9.17, 15) is 0 Å². The van der Waals surface area contributed by atoms with E-state index in [2.05, 4.69) is 52.9 Å². The molecule has 2 aromatic rings. The van der Waals surface area contributed by atoms with Crippen molar-refractivity contribution in [3.05, 3.63) is 83.8 Å².